The summed E-state index contributed by atoms with van der Waals surface area (Å²) in [6.07, 6.45) is 3.35. The third-order valence-corrected chi connectivity index (χ3v) is 14.0. The highest BCUT2D eigenvalue weighted by Crippen LogP contribution is 2.48. The molecular weight excluding hydrogens is 613 g/mol. The van der Waals surface area contributed by atoms with Crippen LogP contribution in [0, 0.1) is 5.92 Å². The molecule has 0 N–H and O–H groups in total. The van der Waals surface area contributed by atoms with Crippen molar-refractivity contribution in [1.29, 1.82) is 0 Å². The van der Waals surface area contributed by atoms with E-state index in [2.05, 4.69) is 177 Å². The fraction of sp³-hybridized carbons (Fsp3) is 0.0870. The Morgan fingerprint density at radius 3 is 1.65 bits per heavy atom. The molecule has 6 aromatic rings. The zero-order valence-corrected chi connectivity index (χ0v) is 28.7. The molecule has 0 spiro atoms. The van der Waals surface area contributed by atoms with Gasteiger partial charge in [-0.25, -0.2) is 0 Å². The lowest BCUT2D eigenvalue weighted by atomic mass is 9.79. The Bertz CT molecular complexity index is 2400. The van der Waals surface area contributed by atoms with E-state index >= 15 is 0 Å². The number of fused-ring (bicyclic) bond motifs is 4. The maximum absolute atomic E-state index is 6.99. The van der Waals surface area contributed by atoms with Gasteiger partial charge in [0.2, 0.25) is 0 Å². The highest BCUT2D eigenvalue weighted by Gasteiger charge is 2.44. The standard InChI is InChI=1S/C46H36O2Si/c1-49(2)43-20-12-11-17-37(43)40-29-41-42(30-44(40)49)46(48-36-27-23-34(24-28-36)32-15-7-4-8-16-32)39-19-10-9-18-38(39)45(41)47-35-25-21-33(22-26-35)31-13-5-3-6-14-31/h3-28,30,41H,29H2,1-2H3. The molecule has 9 rings (SSSR count). The van der Waals surface area contributed by atoms with E-state index in [1.165, 1.54) is 49.3 Å². The molecule has 1 atom stereocenters. The minimum absolute atomic E-state index is 0.0111. The summed E-state index contributed by atoms with van der Waals surface area (Å²) >= 11 is 0. The van der Waals surface area contributed by atoms with Gasteiger partial charge in [0.15, 0.2) is 0 Å². The first kappa shape index (κ1) is 29.5. The Labute approximate surface area is 288 Å². The lowest BCUT2D eigenvalue weighted by Gasteiger charge is -2.33. The molecule has 0 amide bonds. The predicted molar refractivity (Wildman–Crippen MR) is 204 cm³/mol. The van der Waals surface area contributed by atoms with Crippen molar-refractivity contribution in [3.63, 3.8) is 0 Å². The molecule has 0 fully saturated rings. The zero-order chi connectivity index (χ0) is 33.0. The summed E-state index contributed by atoms with van der Waals surface area (Å²) in [7, 11) is -1.91. The number of hydrogen-bond donors (Lipinski definition) is 0. The van der Waals surface area contributed by atoms with Crippen LogP contribution in [0.25, 0.3) is 39.3 Å². The van der Waals surface area contributed by atoms with Crippen molar-refractivity contribution >= 4 is 30.4 Å². The van der Waals surface area contributed by atoms with Gasteiger partial charge in [-0.2, -0.15) is 0 Å². The third-order valence-electron chi connectivity index (χ3n) is 10.4. The number of ether oxygens (including phenoxy) is 2. The molecule has 49 heavy (non-hydrogen) atoms. The van der Waals surface area contributed by atoms with E-state index in [4.69, 9.17) is 9.47 Å². The molecule has 1 aliphatic heterocycles. The normalized spacial score (nSPS) is 17.0. The van der Waals surface area contributed by atoms with Crippen LogP contribution in [-0.4, -0.2) is 8.07 Å². The fourth-order valence-corrected chi connectivity index (χ4v) is 11.1. The van der Waals surface area contributed by atoms with Crippen LogP contribution in [-0.2, 0) is 0 Å². The molecule has 0 saturated carbocycles. The SMILES string of the molecule is C[Si]1(C)C2=C(CC3C(=C2)C(Oc2ccc(-c4ccccc4)cc2)=c2ccccc2=C3Oc2ccc(-c3ccccc3)cc2)c2ccccc21. The van der Waals surface area contributed by atoms with E-state index in [0.29, 0.717) is 0 Å². The van der Waals surface area contributed by atoms with E-state index in [1.807, 2.05) is 0 Å². The van der Waals surface area contributed by atoms with Gasteiger partial charge < -0.3 is 9.47 Å². The number of allylic oxidation sites excluding steroid dienone is 3. The summed E-state index contributed by atoms with van der Waals surface area (Å²) in [6, 6.07) is 55.6. The molecule has 0 saturated heterocycles. The van der Waals surface area contributed by atoms with E-state index in [0.717, 1.165) is 39.9 Å². The summed E-state index contributed by atoms with van der Waals surface area (Å²) < 4.78 is 14.0. The van der Waals surface area contributed by atoms with Gasteiger partial charge >= 0.3 is 0 Å². The van der Waals surface area contributed by atoms with Crippen LogP contribution >= 0.6 is 0 Å². The topological polar surface area (TPSA) is 18.5 Å². The summed E-state index contributed by atoms with van der Waals surface area (Å²) in [4.78, 5) is 0. The Hall–Kier alpha value is -5.64. The van der Waals surface area contributed by atoms with Crippen LogP contribution in [0.4, 0.5) is 0 Å². The second-order valence-electron chi connectivity index (χ2n) is 13.6. The Morgan fingerprint density at radius 2 is 1.02 bits per heavy atom. The van der Waals surface area contributed by atoms with Crippen LogP contribution in [0.1, 0.15) is 12.0 Å². The minimum atomic E-state index is -1.91. The summed E-state index contributed by atoms with van der Waals surface area (Å²) in [5.74, 6) is 3.59. The van der Waals surface area contributed by atoms with E-state index in [-0.39, 0.29) is 5.92 Å². The smallest absolute Gasteiger partial charge is 0.139 e. The highest BCUT2D eigenvalue weighted by molar-refractivity contribution is 6.99. The molecule has 236 valence electrons. The minimum Gasteiger partial charge on any atom is -0.460 e. The van der Waals surface area contributed by atoms with Gasteiger partial charge in [0, 0.05) is 16.0 Å². The lowest BCUT2D eigenvalue weighted by Crippen LogP contribution is -2.43. The average Bonchev–Trinajstić information content (AvgIpc) is 3.38. The van der Waals surface area contributed by atoms with Crippen molar-refractivity contribution < 1.29 is 9.47 Å². The molecule has 3 aliphatic rings. The molecule has 3 heteroatoms. The van der Waals surface area contributed by atoms with Gasteiger partial charge in [-0.05, 0) is 69.3 Å². The fourth-order valence-electron chi connectivity index (χ4n) is 7.89. The second kappa shape index (κ2) is 11.8. The van der Waals surface area contributed by atoms with Crippen LogP contribution < -0.4 is 25.1 Å². The summed E-state index contributed by atoms with van der Waals surface area (Å²) in [6.45, 7) is 4.97. The van der Waals surface area contributed by atoms with Gasteiger partial charge in [-0.3, -0.25) is 0 Å². The van der Waals surface area contributed by atoms with Crippen molar-refractivity contribution in [2.24, 2.45) is 5.92 Å². The van der Waals surface area contributed by atoms with Gasteiger partial charge in [-0.15, -0.1) is 0 Å². The van der Waals surface area contributed by atoms with Crippen molar-refractivity contribution in [3.8, 4) is 33.8 Å². The molecule has 1 unspecified atom stereocenters. The van der Waals surface area contributed by atoms with E-state index in [1.54, 1.807) is 0 Å². The first-order valence-corrected chi connectivity index (χ1v) is 20.1. The summed E-state index contributed by atoms with van der Waals surface area (Å²) in [5, 5.41) is 5.17. The molecule has 0 bridgehead atoms. The van der Waals surface area contributed by atoms with Crippen LogP contribution in [0.15, 0.2) is 175 Å². The molecule has 0 radical (unpaired) electrons. The monoisotopic (exact) mass is 648 g/mol. The zero-order valence-electron chi connectivity index (χ0n) is 27.7. The number of hydrogen-bond acceptors (Lipinski definition) is 2. The van der Waals surface area contributed by atoms with Crippen molar-refractivity contribution in [1.82, 2.24) is 0 Å². The summed E-state index contributed by atoms with van der Waals surface area (Å²) in [5.41, 5.74) is 8.81. The van der Waals surface area contributed by atoms with Gasteiger partial charge in [0.05, 0.1) is 5.92 Å². The molecule has 6 aromatic carbocycles. The Balaban J connectivity index is 1.18. The largest absolute Gasteiger partial charge is 0.460 e. The first-order valence-electron chi connectivity index (χ1n) is 17.1. The number of benzene rings is 6. The molecule has 0 aromatic heterocycles. The van der Waals surface area contributed by atoms with Crippen molar-refractivity contribution in [3.05, 3.63) is 191 Å². The maximum Gasteiger partial charge on any atom is 0.139 e. The van der Waals surface area contributed by atoms with Crippen molar-refractivity contribution in [2.45, 2.75) is 19.5 Å². The van der Waals surface area contributed by atoms with Gasteiger partial charge in [-0.1, -0.05) is 158 Å². The van der Waals surface area contributed by atoms with Gasteiger partial charge in [0.1, 0.15) is 31.1 Å². The predicted octanol–water partition coefficient (Wildman–Crippen LogP) is 9.28. The van der Waals surface area contributed by atoms with Crippen molar-refractivity contribution in [2.75, 3.05) is 0 Å². The molecule has 2 aliphatic carbocycles. The first-order chi connectivity index (χ1) is 24.0. The van der Waals surface area contributed by atoms with Crippen LogP contribution in [0.5, 0.6) is 11.5 Å². The Kier molecular flexibility index (Phi) is 7.10. The van der Waals surface area contributed by atoms with Crippen LogP contribution in [0.2, 0.25) is 13.1 Å². The molecule has 2 nitrogen and oxygen atoms in total. The maximum atomic E-state index is 6.99. The third kappa shape index (κ3) is 5.10. The quantitative estimate of drug-likeness (QED) is 0.168. The lowest BCUT2D eigenvalue weighted by molar-refractivity contribution is 0.436. The van der Waals surface area contributed by atoms with Crippen LogP contribution in [0.3, 0.4) is 0 Å². The van der Waals surface area contributed by atoms with E-state index in [9.17, 15) is 0 Å². The molecular formula is C46H36O2Si. The second-order valence-corrected chi connectivity index (χ2v) is 18.0. The number of rotatable bonds is 6. The molecule has 1 heterocycles. The van der Waals surface area contributed by atoms with E-state index < -0.39 is 8.07 Å². The highest BCUT2D eigenvalue weighted by atomic mass is 28.3. The van der Waals surface area contributed by atoms with Gasteiger partial charge in [0.25, 0.3) is 0 Å². The Morgan fingerprint density at radius 1 is 0.510 bits per heavy atom. The average molecular weight is 649 g/mol.